The van der Waals surface area contributed by atoms with Gasteiger partial charge in [-0.2, -0.15) is 0 Å². The molecule has 4 nitrogen and oxygen atoms in total. The van der Waals surface area contributed by atoms with Gasteiger partial charge in [0.2, 0.25) is 0 Å². The van der Waals surface area contributed by atoms with Crippen molar-refractivity contribution in [2.45, 2.75) is 39.8 Å². The van der Waals surface area contributed by atoms with Crippen LogP contribution in [0.1, 0.15) is 23.4 Å². The van der Waals surface area contributed by atoms with Crippen molar-refractivity contribution in [2.24, 2.45) is 0 Å². The molecule has 2 aromatic carbocycles. The smallest absolute Gasteiger partial charge is 0.266 e. The monoisotopic (exact) mass is 364 g/mol. The molecule has 1 N–H and O–H groups in total. The average molecular weight is 364 g/mol. The highest BCUT2D eigenvalue weighted by molar-refractivity contribution is 5.90. The van der Waals surface area contributed by atoms with Crippen molar-refractivity contribution in [1.82, 2.24) is 4.57 Å². The van der Waals surface area contributed by atoms with Crippen LogP contribution in [0.4, 0.5) is 10.1 Å². The maximum atomic E-state index is 13.3. The van der Waals surface area contributed by atoms with Crippen LogP contribution >= 0.6 is 0 Å². The van der Waals surface area contributed by atoms with Gasteiger partial charge in [0.1, 0.15) is 12.0 Å². The number of nitrogens with zero attached hydrogens (tertiary/aromatic N) is 2. The molecule has 0 unspecified atom stereocenters. The fourth-order valence-electron chi connectivity index (χ4n) is 3.80. The number of aryl methyl sites for hydroxylation is 2. The second-order valence-corrected chi connectivity index (χ2v) is 7.19. The number of hydrogen-bond acceptors (Lipinski definition) is 1. The molecule has 2 heterocycles. The van der Waals surface area contributed by atoms with Gasteiger partial charge in [0, 0.05) is 11.3 Å². The first-order valence-corrected chi connectivity index (χ1v) is 9.26. The fraction of sp³-hybridized carbons (Fsp3) is 0.273. The summed E-state index contributed by atoms with van der Waals surface area (Å²) >= 11 is 0. The van der Waals surface area contributed by atoms with E-state index in [1.54, 1.807) is 12.1 Å². The van der Waals surface area contributed by atoms with Gasteiger partial charge < -0.3 is 5.32 Å². The summed E-state index contributed by atoms with van der Waals surface area (Å²) < 4.78 is 17.5. The van der Waals surface area contributed by atoms with E-state index < -0.39 is 0 Å². The van der Waals surface area contributed by atoms with Crippen molar-refractivity contribution in [2.75, 3.05) is 5.32 Å². The lowest BCUT2D eigenvalue weighted by molar-refractivity contribution is -0.690. The minimum atomic E-state index is -0.243. The van der Waals surface area contributed by atoms with Crippen LogP contribution in [-0.4, -0.2) is 10.5 Å². The number of fused-ring (bicyclic) bond motifs is 1. The van der Waals surface area contributed by atoms with Crippen LogP contribution in [0.5, 0.6) is 0 Å². The average Bonchev–Trinajstić information content (AvgIpc) is 3.22. The highest BCUT2D eigenvalue weighted by atomic mass is 19.1. The van der Waals surface area contributed by atoms with Gasteiger partial charge in [-0.15, -0.1) is 0 Å². The Morgan fingerprint density at radius 2 is 1.96 bits per heavy atom. The minimum absolute atomic E-state index is 0.0436. The van der Waals surface area contributed by atoms with E-state index in [1.807, 2.05) is 36.7 Å². The molecule has 4 rings (SSSR count). The number of nitrogens with one attached hydrogen (secondary N) is 1. The topological polar surface area (TPSA) is 37.9 Å². The van der Waals surface area contributed by atoms with Gasteiger partial charge in [-0.05, 0) is 56.2 Å². The molecule has 1 aliphatic rings. The number of rotatable bonds is 4. The van der Waals surface area contributed by atoms with E-state index in [0.717, 1.165) is 47.7 Å². The largest absolute Gasteiger partial charge is 0.322 e. The Kier molecular flexibility index (Phi) is 4.52. The number of benzene rings is 2. The van der Waals surface area contributed by atoms with Gasteiger partial charge in [-0.25, -0.2) is 13.5 Å². The lowest BCUT2D eigenvalue weighted by atomic mass is 10.1. The lowest BCUT2D eigenvalue weighted by Gasteiger charge is -2.08. The van der Waals surface area contributed by atoms with Gasteiger partial charge in [0.05, 0.1) is 13.0 Å². The first-order chi connectivity index (χ1) is 13.0. The fourth-order valence-corrected chi connectivity index (χ4v) is 3.80. The van der Waals surface area contributed by atoms with Crippen molar-refractivity contribution in [3.05, 3.63) is 71.4 Å². The third kappa shape index (κ3) is 3.50. The number of carbonyl (C=O) groups is 1. The standard InChI is InChI=1S/C22H22FN3O/c1-15-5-10-19(16(2)12-15)24-21(27)14-25-13-20(26-11-3-4-22(25)26)17-6-8-18(23)9-7-17/h5-10,12-13H,3-4,11,14H2,1-2H3/p+1. The lowest BCUT2D eigenvalue weighted by Crippen LogP contribution is -2.42. The Morgan fingerprint density at radius 1 is 1.19 bits per heavy atom. The maximum Gasteiger partial charge on any atom is 0.266 e. The zero-order chi connectivity index (χ0) is 19.0. The van der Waals surface area contributed by atoms with Gasteiger partial charge in [0.25, 0.3) is 11.7 Å². The molecule has 5 heteroatoms. The zero-order valence-electron chi connectivity index (χ0n) is 15.6. The molecule has 0 bridgehead atoms. The molecule has 0 fully saturated rings. The Hall–Kier alpha value is -2.95. The molecule has 1 aliphatic heterocycles. The van der Waals surface area contributed by atoms with Crippen LogP contribution in [0.3, 0.4) is 0 Å². The number of hydrogen-bond donors (Lipinski definition) is 1. The molecule has 1 aromatic heterocycles. The van der Waals surface area contributed by atoms with E-state index in [2.05, 4.69) is 16.0 Å². The first-order valence-electron chi connectivity index (χ1n) is 9.26. The second-order valence-electron chi connectivity index (χ2n) is 7.19. The van der Waals surface area contributed by atoms with E-state index in [4.69, 9.17) is 0 Å². The number of aromatic nitrogens is 2. The molecule has 1 amide bonds. The summed E-state index contributed by atoms with van der Waals surface area (Å²) in [5, 5.41) is 3.01. The predicted molar refractivity (Wildman–Crippen MR) is 103 cm³/mol. The summed E-state index contributed by atoms with van der Waals surface area (Å²) in [5.74, 6) is 0.857. The third-order valence-electron chi connectivity index (χ3n) is 5.10. The number of amides is 1. The van der Waals surface area contributed by atoms with Crippen molar-refractivity contribution in [3.63, 3.8) is 0 Å². The van der Waals surface area contributed by atoms with Crippen LogP contribution in [-0.2, 0) is 24.3 Å². The van der Waals surface area contributed by atoms with Gasteiger partial charge >= 0.3 is 0 Å². The Morgan fingerprint density at radius 3 is 2.70 bits per heavy atom. The molecule has 0 atom stereocenters. The second kappa shape index (κ2) is 6.99. The highest BCUT2D eigenvalue weighted by Gasteiger charge is 2.29. The number of anilines is 1. The summed E-state index contributed by atoms with van der Waals surface area (Å²) in [4.78, 5) is 12.6. The summed E-state index contributed by atoms with van der Waals surface area (Å²) in [6.07, 6.45) is 4.00. The third-order valence-corrected chi connectivity index (χ3v) is 5.10. The molecule has 27 heavy (non-hydrogen) atoms. The van der Waals surface area contributed by atoms with Crippen molar-refractivity contribution >= 4 is 11.6 Å². The summed E-state index contributed by atoms with van der Waals surface area (Å²) in [6, 6.07) is 12.5. The van der Waals surface area contributed by atoms with Crippen molar-refractivity contribution < 1.29 is 13.8 Å². The molecule has 138 valence electrons. The SMILES string of the molecule is Cc1ccc(NC(=O)C[n+]2cc(-c3ccc(F)cc3)n3c2CCC3)c(C)c1. The summed E-state index contributed by atoms with van der Waals surface area (Å²) in [5.41, 5.74) is 5.08. The quantitative estimate of drug-likeness (QED) is 0.703. The van der Waals surface area contributed by atoms with Crippen LogP contribution in [0.25, 0.3) is 11.3 Å². The maximum absolute atomic E-state index is 13.3. The van der Waals surface area contributed by atoms with Gasteiger partial charge in [-0.1, -0.05) is 17.7 Å². The van der Waals surface area contributed by atoms with E-state index in [0.29, 0.717) is 0 Å². The Balaban J connectivity index is 1.58. The predicted octanol–water partition coefficient (Wildman–Crippen LogP) is 3.78. The molecule has 0 spiro atoms. The number of imidazole rings is 1. The van der Waals surface area contributed by atoms with Crippen LogP contribution in [0.15, 0.2) is 48.7 Å². The van der Waals surface area contributed by atoms with E-state index in [-0.39, 0.29) is 18.3 Å². The Bertz CT molecular complexity index is 1010. The molecule has 0 radical (unpaired) electrons. The molecule has 3 aromatic rings. The number of halogens is 1. The van der Waals surface area contributed by atoms with Crippen LogP contribution < -0.4 is 9.88 Å². The molecular weight excluding hydrogens is 341 g/mol. The van der Waals surface area contributed by atoms with E-state index in [1.165, 1.54) is 17.7 Å². The van der Waals surface area contributed by atoms with E-state index in [9.17, 15) is 9.18 Å². The van der Waals surface area contributed by atoms with E-state index >= 15 is 0 Å². The summed E-state index contributed by atoms with van der Waals surface area (Å²) in [6.45, 7) is 5.23. The van der Waals surface area contributed by atoms with Crippen LogP contribution in [0.2, 0.25) is 0 Å². The van der Waals surface area contributed by atoms with Gasteiger partial charge in [0.15, 0.2) is 12.2 Å². The minimum Gasteiger partial charge on any atom is -0.322 e. The first kappa shape index (κ1) is 17.5. The highest BCUT2D eigenvalue weighted by Crippen LogP contribution is 2.25. The molecular formula is C22H23FN3O+. The normalized spacial score (nSPS) is 12.9. The van der Waals surface area contributed by atoms with Crippen molar-refractivity contribution in [3.8, 4) is 11.3 Å². The molecule has 0 saturated carbocycles. The molecule has 0 aliphatic carbocycles. The number of carbonyl (C=O) groups excluding carboxylic acids is 1. The summed E-state index contributed by atoms with van der Waals surface area (Å²) in [7, 11) is 0. The Labute approximate surface area is 158 Å². The zero-order valence-corrected chi connectivity index (χ0v) is 15.6. The van der Waals surface area contributed by atoms with Crippen molar-refractivity contribution in [1.29, 1.82) is 0 Å². The molecule has 0 saturated heterocycles. The van der Waals surface area contributed by atoms with Crippen LogP contribution in [0, 0.1) is 19.7 Å². The van der Waals surface area contributed by atoms with Gasteiger partial charge in [-0.3, -0.25) is 4.79 Å².